The van der Waals surface area contributed by atoms with E-state index in [-0.39, 0.29) is 6.04 Å². The van der Waals surface area contributed by atoms with Crippen molar-refractivity contribution in [1.82, 2.24) is 25.3 Å². The van der Waals surface area contributed by atoms with Crippen LogP contribution in [0, 0.1) is 6.92 Å². The minimum atomic E-state index is 0.123. The number of hydrogen-bond acceptors (Lipinski definition) is 5. The molecule has 0 saturated carbocycles. The summed E-state index contributed by atoms with van der Waals surface area (Å²) in [5, 5.41) is 11.1. The van der Waals surface area contributed by atoms with Gasteiger partial charge in [0.25, 0.3) is 0 Å². The average molecular weight is 223 g/mol. The first kappa shape index (κ1) is 10.3. The van der Waals surface area contributed by atoms with Crippen LogP contribution in [0.15, 0.2) is 11.7 Å². The van der Waals surface area contributed by atoms with Crippen LogP contribution >= 0.6 is 11.3 Å². The third-order valence-corrected chi connectivity index (χ3v) is 3.37. The molecule has 0 aliphatic carbocycles. The lowest BCUT2D eigenvalue weighted by Gasteiger charge is -2.14. The highest BCUT2D eigenvalue weighted by atomic mass is 32.1. The summed E-state index contributed by atoms with van der Waals surface area (Å²) in [6.45, 7) is 2.01. The van der Waals surface area contributed by atoms with E-state index in [1.165, 1.54) is 4.88 Å². The maximum atomic E-state index is 4.25. The zero-order valence-corrected chi connectivity index (χ0v) is 9.75. The van der Waals surface area contributed by atoms with Crippen LogP contribution in [0.25, 0.3) is 0 Å². The molecule has 1 atom stereocenters. The van der Waals surface area contributed by atoms with Gasteiger partial charge >= 0.3 is 0 Å². The van der Waals surface area contributed by atoms with Gasteiger partial charge in [-0.25, -0.2) is 4.98 Å². The molecule has 2 heterocycles. The molecule has 0 aliphatic heterocycles. The topological polar surface area (TPSA) is 55.6 Å². The number of aromatic nitrogens is 4. The predicted octanol–water partition coefficient (Wildman–Crippen LogP) is 0.889. The van der Waals surface area contributed by atoms with Gasteiger partial charge in [-0.05, 0) is 14.0 Å². The highest BCUT2D eigenvalue weighted by Gasteiger charge is 2.19. The van der Waals surface area contributed by atoms with Gasteiger partial charge in [0.05, 0.1) is 34.0 Å². The summed E-state index contributed by atoms with van der Waals surface area (Å²) in [5.41, 5.74) is 3.96. The highest BCUT2D eigenvalue weighted by Crippen LogP contribution is 2.26. The van der Waals surface area contributed by atoms with Crippen LogP contribution in [0.1, 0.15) is 22.3 Å². The fourth-order valence-electron chi connectivity index (χ4n) is 1.56. The van der Waals surface area contributed by atoms with E-state index >= 15 is 0 Å². The van der Waals surface area contributed by atoms with E-state index in [1.807, 2.05) is 26.5 Å². The van der Waals surface area contributed by atoms with Gasteiger partial charge in [-0.15, -0.1) is 16.4 Å². The Morgan fingerprint density at radius 2 is 2.33 bits per heavy atom. The molecule has 0 amide bonds. The fourth-order valence-corrected chi connectivity index (χ4v) is 2.48. The molecule has 15 heavy (non-hydrogen) atoms. The Bertz CT molecular complexity index is 407. The third-order valence-electron chi connectivity index (χ3n) is 2.38. The Hall–Kier alpha value is -1.27. The summed E-state index contributed by atoms with van der Waals surface area (Å²) in [6.07, 6.45) is 1.78. The van der Waals surface area contributed by atoms with Crippen molar-refractivity contribution in [1.29, 1.82) is 0 Å². The number of nitrogens with zero attached hydrogens (tertiary/aromatic N) is 4. The van der Waals surface area contributed by atoms with Crippen molar-refractivity contribution in [3.05, 3.63) is 28.0 Å². The van der Waals surface area contributed by atoms with E-state index < -0.39 is 0 Å². The van der Waals surface area contributed by atoms with Crippen LogP contribution in [0.5, 0.6) is 0 Å². The standard InChI is InChI=1S/C9H13N5S/c1-6-9(15-5-11-6)8(10-2)7-4-12-13-14(7)3/h4-5,8,10H,1-3H3. The lowest BCUT2D eigenvalue weighted by molar-refractivity contribution is 0.601. The van der Waals surface area contributed by atoms with Crippen LogP contribution in [-0.2, 0) is 7.05 Å². The molecule has 6 heteroatoms. The molecule has 2 rings (SSSR count). The van der Waals surface area contributed by atoms with Gasteiger partial charge in [0.2, 0.25) is 0 Å². The van der Waals surface area contributed by atoms with Crippen molar-refractivity contribution in [3.63, 3.8) is 0 Å². The van der Waals surface area contributed by atoms with Gasteiger partial charge in [-0.1, -0.05) is 5.21 Å². The summed E-state index contributed by atoms with van der Waals surface area (Å²) in [4.78, 5) is 5.46. The Morgan fingerprint density at radius 1 is 1.53 bits per heavy atom. The lowest BCUT2D eigenvalue weighted by Crippen LogP contribution is -2.20. The van der Waals surface area contributed by atoms with Crippen LogP contribution in [0.3, 0.4) is 0 Å². The molecule has 0 spiro atoms. The quantitative estimate of drug-likeness (QED) is 0.839. The number of hydrogen-bond donors (Lipinski definition) is 1. The van der Waals surface area contributed by atoms with Crippen molar-refractivity contribution < 1.29 is 0 Å². The second-order valence-electron chi connectivity index (χ2n) is 3.31. The van der Waals surface area contributed by atoms with E-state index in [4.69, 9.17) is 0 Å². The Labute approximate surface area is 92.2 Å². The average Bonchev–Trinajstić information content (AvgIpc) is 2.80. The van der Waals surface area contributed by atoms with Gasteiger partial charge in [-0.2, -0.15) is 0 Å². The molecule has 80 valence electrons. The second kappa shape index (κ2) is 4.08. The molecule has 0 aliphatic rings. The molecule has 0 radical (unpaired) electrons. The van der Waals surface area contributed by atoms with Crippen LogP contribution in [0.4, 0.5) is 0 Å². The fraction of sp³-hybridized carbons (Fsp3) is 0.444. The van der Waals surface area contributed by atoms with E-state index in [1.54, 1.807) is 22.2 Å². The molecule has 5 nitrogen and oxygen atoms in total. The molecule has 0 bridgehead atoms. The Balaban J connectivity index is 2.41. The molecule has 0 fully saturated rings. The molecule has 2 aromatic heterocycles. The predicted molar refractivity (Wildman–Crippen MR) is 58.8 cm³/mol. The molecular formula is C9H13N5S. The molecular weight excluding hydrogens is 210 g/mol. The van der Waals surface area contributed by atoms with Gasteiger partial charge in [0.15, 0.2) is 0 Å². The van der Waals surface area contributed by atoms with Crippen molar-refractivity contribution in [3.8, 4) is 0 Å². The Kier molecular flexibility index (Phi) is 2.79. The lowest BCUT2D eigenvalue weighted by atomic mass is 10.1. The summed E-state index contributed by atoms with van der Waals surface area (Å²) >= 11 is 1.65. The third kappa shape index (κ3) is 1.78. The van der Waals surface area contributed by atoms with Crippen molar-refractivity contribution in [2.24, 2.45) is 7.05 Å². The summed E-state index contributed by atoms with van der Waals surface area (Å²) in [7, 11) is 3.82. The maximum absolute atomic E-state index is 4.25. The Morgan fingerprint density at radius 3 is 2.80 bits per heavy atom. The number of rotatable bonds is 3. The minimum Gasteiger partial charge on any atom is -0.307 e. The maximum Gasteiger partial charge on any atom is 0.0874 e. The first-order valence-corrected chi connectivity index (χ1v) is 5.54. The van der Waals surface area contributed by atoms with E-state index in [2.05, 4.69) is 20.6 Å². The first-order chi connectivity index (χ1) is 7.24. The zero-order chi connectivity index (χ0) is 10.8. The first-order valence-electron chi connectivity index (χ1n) is 4.66. The molecule has 0 saturated heterocycles. The number of aryl methyl sites for hydroxylation is 2. The number of thiazole rings is 1. The van der Waals surface area contributed by atoms with Crippen molar-refractivity contribution in [2.75, 3.05) is 7.05 Å². The molecule has 1 N–H and O–H groups in total. The van der Waals surface area contributed by atoms with E-state index in [0.29, 0.717) is 0 Å². The van der Waals surface area contributed by atoms with Crippen LogP contribution in [-0.4, -0.2) is 27.0 Å². The summed E-state index contributed by atoms with van der Waals surface area (Å²) in [5.74, 6) is 0. The van der Waals surface area contributed by atoms with Gasteiger partial charge in [0, 0.05) is 7.05 Å². The van der Waals surface area contributed by atoms with Crippen molar-refractivity contribution >= 4 is 11.3 Å². The van der Waals surface area contributed by atoms with Crippen LogP contribution < -0.4 is 5.32 Å². The van der Waals surface area contributed by atoms with Crippen LogP contribution in [0.2, 0.25) is 0 Å². The summed E-state index contributed by atoms with van der Waals surface area (Å²) in [6, 6.07) is 0.123. The SMILES string of the molecule is CNC(c1scnc1C)c1cnnn1C. The zero-order valence-electron chi connectivity index (χ0n) is 8.93. The van der Waals surface area contributed by atoms with Gasteiger partial charge in [-0.3, -0.25) is 4.68 Å². The smallest absolute Gasteiger partial charge is 0.0874 e. The normalized spacial score (nSPS) is 13.0. The molecule has 0 aromatic carbocycles. The summed E-state index contributed by atoms with van der Waals surface area (Å²) < 4.78 is 1.78. The molecule has 2 aromatic rings. The monoisotopic (exact) mass is 223 g/mol. The second-order valence-corrected chi connectivity index (χ2v) is 4.19. The highest BCUT2D eigenvalue weighted by molar-refractivity contribution is 7.09. The van der Waals surface area contributed by atoms with E-state index in [0.717, 1.165) is 11.4 Å². The van der Waals surface area contributed by atoms with Gasteiger partial charge < -0.3 is 5.32 Å². The molecule has 1 unspecified atom stereocenters. The minimum absolute atomic E-state index is 0.123. The largest absolute Gasteiger partial charge is 0.307 e. The van der Waals surface area contributed by atoms with Crippen molar-refractivity contribution in [2.45, 2.75) is 13.0 Å². The van der Waals surface area contributed by atoms with Gasteiger partial charge in [0.1, 0.15) is 0 Å². The number of nitrogens with one attached hydrogen (secondary N) is 1. The van der Waals surface area contributed by atoms with E-state index in [9.17, 15) is 0 Å².